The summed E-state index contributed by atoms with van der Waals surface area (Å²) in [7, 11) is 0. The standard InChI is InChI=1S/C34H61N3O11/c38-24-26-48-25-23-35-33(46)27(19-21-31(42)43)37-34(47)28(20-22-32(44)45)36-29(39)17-15-13-11-9-7-5-3-1-2-4-6-8-10-12-14-16-18-30(40)41/h27-28,38H,1-26H2,(H,35,46)(H,36,39)(H,37,47)(H,40,41)(H,42,43)(H,44,45)/t27-,28-/m0/s1. The molecule has 0 saturated heterocycles. The molecule has 0 aromatic carbocycles. The third kappa shape index (κ3) is 28.9. The molecular weight excluding hydrogens is 626 g/mol. The van der Waals surface area contributed by atoms with Crippen molar-refractivity contribution in [2.45, 2.75) is 153 Å². The van der Waals surface area contributed by atoms with Gasteiger partial charge in [0.25, 0.3) is 0 Å². The van der Waals surface area contributed by atoms with E-state index in [1.54, 1.807) is 0 Å². The second-order valence-corrected chi connectivity index (χ2v) is 12.2. The molecule has 7 N–H and O–H groups in total. The SMILES string of the molecule is O=C(O)CCCCCCCCCCCCCCCCCCC(=O)N[C@@H](CCC(=O)O)C(=O)N[C@@H](CCC(=O)O)C(=O)NCCOCCO. The number of rotatable bonds is 34. The van der Waals surface area contributed by atoms with Crippen LogP contribution in [0.3, 0.4) is 0 Å². The molecule has 0 rings (SSSR count). The molecule has 0 spiro atoms. The van der Waals surface area contributed by atoms with Gasteiger partial charge in [-0.05, 0) is 25.7 Å². The van der Waals surface area contributed by atoms with E-state index in [0.29, 0.717) is 6.42 Å². The van der Waals surface area contributed by atoms with Crippen molar-refractivity contribution in [3.63, 3.8) is 0 Å². The lowest BCUT2D eigenvalue weighted by molar-refractivity contribution is -0.139. The Bertz CT molecular complexity index is 917. The summed E-state index contributed by atoms with van der Waals surface area (Å²) >= 11 is 0. The summed E-state index contributed by atoms with van der Waals surface area (Å²) in [5.74, 6) is -4.83. The smallest absolute Gasteiger partial charge is 0.303 e. The number of unbranched alkanes of at least 4 members (excludes halogenated alkanes) is 15. The average molecular weight is 688 g/mol. The summed E-state index contributed by atoms with van der Waals surface area (Å²) in [6, 6.07) is -2.41. The highest BCUT2D eigenvalue weighted by atomic mass is 16.5. The van der Waals surface area contributed by atoms with Gasteiger partial charge in [0.1, 0.15) is 12.1 Å². The lowest BCUT2D eigenvalue weighted by atomic mass is 10.0. The van der Waals surface area contributed by atoms with Gasteiger partial charge in [0.05, 0.1) is 19.8 Å². The molecular formula is C34H61N3O11. The molecule has 48 heavy (non-hydrogen) atoms. The molecule has 2 atom stereocenters. The monoisotopic (exact) mass is 687 g/mol. The highest BCUT2D eigenvalue weighted by Crippen LogP contribution is 2.14. The number of nitrogens with one attached hydrogen (secondary N) is 3. The van der Waals surface area contributed by atoms with Gasteiger partial charge in [0.2, 0.25) is 17.7 Å². The molecule has 0 fully saturated rings. The first kappa shape index (κ1) is 44.7. The maximum absolute atomic E-state index is 13.0. The van der Waals surface area contributed by atoms with E-state index >= 15 is 0 Å². The van der Waals surface area contributed by atoms with Crippen molar-refractivity contribution in [2.75, 3.05) is 26.4 Å². The van der Waals surface area contributed by atoms with Crippen molar-refractivity contribution < 1.29 is 53.9 Å². The zero-order valence-electron chi connectivity index (χ0n) is 28.7. The van der Waals surface area contributed by atoms with Crippen LogP contribution in [0.4, 0.5) is 0 Å². The number of carboxylic acid groups (broad SMARTS) is 3. The Morgan fingerprint density at radius 2 is 0.875 bits per heavy atom. The molecule has 0 aromatic rings. The third-order valence-electron chi connectivity index (χ3n) is 7.90. The van der Waals surface area contributed by atoms with E-state index in [1.807, 2.05) is 0 Å². The summed E-state index contributed by atoms with van der Waals surface area (Å²) < 4.78 is 5.07. The average Bonchev–Trinajstić information content (AvgIpc) is 3.03. The maximum atomic E-state index is 13.0. The number of ether oxygens (including phenoxy) is 1. The Hall–Kier alpha value is -3.26. The van der Waals surface area contributed by atoms with E-state index in [-0.39, 0.29) is 58.5 Å². The molecule has 0 radical (unpaired) electrons. The van der Waals surface area contributed by atoms with Gasteiger partial charge in [0, 0.05) is 32.2 Å². The fourth-order valence-corrected chi connectivity index (χ4v) is 5.18. The van der Waals surface area contributed by atoms with Gasteiger partial charge in [-0.3, -0.25) is 28.8 Å². The van der Waals surface area contributed by atoms with E-state index in [9.17, 15) is 28.8 Å². The Kier molecular flexibility index (Phi) is 28.9. The Balaban J connectivity index is 4.31. The molecule has 0 aliphatic carbocycles. The van der Waals surface area contributed by atoms with Gasteiger partial charge in [-0.2, -0.15) is 0 Å². The molecule has 3 amide bonds. The van der Waals surface area contributed by atoms with Crippen LogP contribution in [0.1, 0.15) is 141 Å². The second-order valence-electron chi connectivity index (χ2n) is 12.2. The van der Waals surface area contributed by atoms with E-state index < -0.39 is 54.1 Å². The molecule has 0 bridgehead atoms. The number of hydrogen-bond donors (Lipinski definition) is 7. The van der Waals surface area contributed by atoms with Gasteiger partial charge in [-0.25, -0.2) is 0 Å². The number of amides is 3. The van der Waals surface area contributed by atoms with Crippen LogP contribution in [0.5, 0.6) is 0 Å². The van der Waals surface area contributed by atoms with Gasteiger partial charge < -0.3 is 41.1 Å². The highest BCUT2D eigenvalue weighted by molar-refractivity contribution is 5.92. The zero-order chi connectivity index (χ0) is 35.8. The number of carbonyl (C=O) groups is 6. The van der Waals surface area contributed by atoms with Gasteiger partial charge >= 0.3 is 17.9 Å². The summed E-state index contributed by atoms with van der Waals surface area (Å²) in [6.07, 6.45) is 16.7. The minimum absolute atomic E-state index is 0.0687. The van der Waals surface area contributed by atoms with Crippen LogP contribution in [0, 0.1) is 0 Å². The highest BCUT2D eigenvalue weighted by Gasteiger charge is 2.27. The first-order valence-corrected chi connectivity index (χ1v) is 17.8. The first-order chi connectivity index (χ1) is 23.1. The largest absolute Gasteiger partial charge is 0.481 e. The van der Waals surface area contributed by atoms with Crippen LogP contribution < -0.4 is 16.0 Å². The van der Waals surface area contributed by atoms with E-state index in [2.05, 4.69) is 16.0 Å². The van der Waals surface area contributed by atoms with Crippen molar-refractivity contribution in [1.82, 2.24) is 16.0 Å². The molecule has 0 aliphatic heterocycles. The Morgan fingerprint density at radius 3 is 1.29 bits per heavy atom. The summed E-state index contributed by atoms with van der Waals surface area (Å²) in [5, 5.41) is 43.1. The number of carboxylic acids is 3. The quantitative estimate of drug-likeness (QED) is 0.0480. The van der Waals surface area contributed by atoms with Crippen LogP contribution in [0.2, 0.25) is 0 Å². The lowest BCUT2D eigenvalue weighted by Gasteiger charge is -2.23. The molecule has 0 aliphatic rings. The summed E-state index contributed by atoms with van der Waals surface area (Å²) in [6.45, 7) is 0.0777. The zero-order valence-corrected chi connectivity index (χ0v) is 28.7. The van der Waals surface area contributed by atoms with Crippen molar-refractivity contribution in [3.05, 3.63) is 0 Å². The predicted molar refractivity (Wildman–Crippen MR) is 179 cm³/mol. The number of aliphatic hydroxyl groups excluding tert-OH is 1. The van der Waals surface area contributed by atoms with Crippen LogP contribution in [-0.2, 0) is 33.5 Å². The minimum Gasteiger partial charge on any atom is -0.481 e. The molecule has 0 saturated carbocycles. The second kappa shape index (κ2) is 31.0. The topological polar surface area (TPSA) is 229 Å². The van der Waals surface area contributed by atoms with Crippen molar-refractivity contribution in [2.24, 2.45) is 0 Å². The number of aliphatic carboxylic acids is 3. The van der Waals surface area contributed by atoms with Crippen LogP contribution in [0.15, 0.2) is 0 Å². The third-order valence-corrected chi connectivity index (χ3v) is 7.90. The summed E-state index contributed by atoms with van der Waals surface area (Å²) in [5.41, 5.74) is 0. The number of carbonyl (C=O) groups excluding carboxylic acids is 3. The Labute approximate surface area is 285 Å². The number of hydrogen-bond acceptors (Lipinski definition) is 8. The fraction of sp³-hybridized carbons (Fsp3) is 0.824. The lowest BCUT2D eigenvalue weighted by Crippen LogP contribution is -2.54. The molecule has 0 aromatic heterocycles. The van der Waals surface area contributed by atoms with Gasteiger partial charge in [-0.1, -0.05) is 89.9 Å². The predicted octanol–water partition coefficient (Wildman–Crippen LogP) is 3.92. The first-order valence-electron chi connectivity index (χ1n) is 17.8. The minimum atomic E-state index is -1.21. The van der Waals surface area contributed by atoms with Crippen LogP contribution >= 0.6 is 0 Å². The molecule has 278 valence electrons. The molecule has 0 heterocycles. The van der Waals surface area contributed by atoms with Crippen molar-refractivity contribution in [3.8, 4) is 0 Å². The van der Waals surface area contributed by atoms with Crippen molar-refractivity contribution in [1.29, 1.82) is 0 Å². The number of aliphatic hydroxyl groups is 1. The maximum Gasteiger partial charge on any atom is 0.303 e. The fourth-order valence-electron chi connectivity index (χ4n) is 5.18. The summed E-state index contributed by atoms with van der Waals surface area (Å²) in [4.78, 5) is 71.0. The van der Waals surface area contributed by atoms with E-state index in [0.717, 1.165) is 44.9 Å². The normalized spacial score (nSPS) is 12.2. The van der Waals surface area contributed by atoms with E-state index in [1.165, 1.54) is 51.4 Å². The van der Waals surface area contributed by atoms with Crippen molar-refractivity contribution >= 4 is 35.6 Å². The van der Waals surface area contributed by atoms with E-state index in [4.69, 9.17) is 25.2 Å². The van der Waals surface area contributed by atoms with Crippen LogP contribution in [0.25, 0.3) is 0 Å². The van der Waals surface area contributed by atoms with Crippen LogP contribution in [-0.4, -0.2) is 94.5 Å². The molecule has 14 nitrogen and oxygen atoms in total. The molecule has 0 unspecified atom stereocenters. The Morgan fingerprint density at radius 1 is 0.479 bits per heavy atom. The van der Waals surface area contributed by atoms with Gasteiger partial charge in [-0.15, -0.1) is 0 Å². The van der Waals surface area contributed by atoms with Gasteiger partial charge in [0.15, 0.2) is 0 Å². The molecule has 14 heteroatoms.